The van der Waals surface area contributed by atoms with E-state index >= 15 is 0 Å². The smallest absolute Gasteiger partial charge is 0.268 e. The summed E-state index contributed by atoms with van der Waals surface area (Å²) in [5, 5.41) is 7.52. The van der Waals surface area contributed by atoms with E-state index in [0.717, 1.165) is 6.07 Å². The van der Waals surface area contributed by atoms with Crippen LogP contribution in [0.1, 0.15) is 36.4 Å². The summed E-state index contributed by atoms with van der Waals surface area (Å²) in [6.45, 7) is 4.36. The number of hydrogen-bond donors (Lipinski definition) is 0. The summed E-state index contributed by atoms with van der Waals surface area (Å²) in [5.74, 6) is -5.45. The minimum Gasteiger partial charge on any atom is -0.268 e. The first-order valence-electron chi connectivity index (χ1n) is 8.20. The first kappa shape index (κ1) is 17.5. The highest BCUT2D eigenvalue weighted by molar-refractivity contribution is 6.13. The molecule has 0 unspecified atom stereocenters. The van der Waals surface area contributed by atoms with Gasteiger partial charge in [0.05, 0.1) is 5.52 Å². The van der Waals surface area contributed by atoms with E-state index in [0.29, 0.717) is 5.56 Å². The van der Waals surface area contributed by atoms with Crippen molar-refractivity contribution in [3.8, 4) is 0 Å². The minimum atomic E-state index is -3.20. The summed E-state index contributed by atoms with van der Waals surface area (Å²) in [6.07, 6.45) is 0. The Hall–Kier alpha value is -2.90. The van der Waals surface area contributed by atoms with Crippen molar-refractivity contribution in [2.75, 3.05) is 0 Å². The summed E-state index contributed by atoms with van der Waals surface area (Å²) >= 11 is 0. The van der Waals surface area contributed by atoms with Gasteiger partial charge in [0.2, 0.25) is 5.82 Å². The van der Waals surface area contributed by atoms with E-state index in [9.17, 15) is 17.6 Å². The Kier molecular flexibility index (Phi) is 3.60. The molecule has 4 rings (SSSR count). The lowest BCUT2D eigenvalue weighted by molar-refractivity contribution is -0.0682. The van der Waals surface area contributed by atoms with Crippen molar-refractivity contribution in [3.63, 3.8) is 0 Å². The molecule has 1 aromatic heterocycles. The zero-order chi connectivity index (χ0) is 19.6. The number of fused-ring (bicyclic) bond motifs is 2. The number of halogens is 4. The van der Waals surface area contributed by atoms with Gasteiger partial charge in [-0.05, 0) is 39.0 Å². The van der Waals surface area contributed by atoms with Gasteiger partial charge in [0.1, 0.15) is 11.3 Å². The van der Waals surface area contributed by atoms with Crippen LogP contribution in [0.15, 0.2) is 35.3 Å². The molecule has 8 heteroatoms. The second-order valence-electron chi connectivity index (χ2n) is 7.01. The van der Waals surface area contributed by atoms with Crippen molar-refractivity contribution >= 4 is 16.7 Å². The van der Waals surface area contributed by atoms with Crippen molar-refractivity contribution in [1.29, 1.82) is 0 Å². The average Bonchev–Trinajstić information content (AvgIpc) is 2.62. The zero-order valence-corrected chi connectivity index (χ0v) is 14.7. The number of alkyl halides is 2. The van der Waals surface area contributed by atoms with Crippen molar-refractivity contribution < 1.29 is 17.6 Å². The van der Waals surface area contributed by atoms with Gasteiger partial charge in [-0.1, -0.05) is 17.7 Å². The molecule has 0 saturated carbocycles. The molecule has 0 fully saturated rings. The number of aryl methyl sites for hydroxylation is 1. The summed E-state index contributed by atoms with van der Waals surface area (Å²) in [5.41, 5.74) is -1.18. The minimum absolute atomic E-state index is 0.0258. The topological polar surface area (TPSA) is 51.0 Å². The zero-order valence-electron chi connectivity index (χ0n) is 14.7. The quantitative estimate of drug-likeness (QED) is 0.596. The highest BCUT2D eigenvalue weighted by Crippen LogP contribution is 2.46. The number of benzene rings is 2. The van der Waals surface area contributed by atoms with Crippen LogP contribution in [0, 0.1) is 18.6 Å². The maximum Gasteiger partial charge on any atom is 0.297 e. The van der Waals surface area contributed by atoms with Crippen LogP contribution < -0.4 is 0 Å². The van der Waals surface area contributed by atoms with Gasteiger partial charge >= 0.3 is 0 Å². The van der Waals surface area contributed by atoms with Crippen LogP contribution in [0.2, 0.25) is 0 Å². The molecule has 27 heavy (non-hydrogen) atoms. The van der Waals surface area contributed by atoms with E-state index in [1.165, 1.54) is 32.0 Å². The number of rotatable bonds is 1. The normalized spacial score (nSPS) is 17.5. The van der Waals surface area contributed by atoms with Crippen molar-refractivity contribution in [1.82, 2.24) is 15.2 Å². The first-order valence-corrected chi connectivity index (χ1v) is 8.20. The first-order chi connectivity index (χ1) is 12.6. The molecular weight excluding hydrogens is 360 g/mol. The van der Waals surface area contributed by atoms with Crippen molar-refractivity contribution in [2.45, 2.75) is 32.2 Å². The fourth-order valence-corrected chi connectivity index (χ4v) is 3.08. The lowest BCUT2D eigenvalue weighted by Crippen LogP contribution is -2.44. The number of aliphatic imine (C=N–C) groups is 1. The van der Waals surface area contributed by atoms with Crippen LogP contribution in [0.3, 0.4) is 0 Å². The van der Waals surface area contributed by atoms with Gasteiger partial charge in [-0.15, -0.1) is 10.2 Å². The van der Waals surface area contributed by atoms with E-state index in [1.807, 2.05) is 0 Å². The van der Waals surface area contributed by atoms with Crippen LogP contribution in [-0.2, 0) is 5.92 Å². The van der Waals surface area contributed by atoms with Gasteiger partial charge in [0.25, 0.3) is 5.92 Å². The monoisotopic (exact) mass is 374 g/mol. The van der Waals surface area contributed by atoms with Crippen molar-refractivity contribution in [2.24, 2.45) is 4.99 Å². The highest BCUT2D eigenvalue weighted by Gasteiger charge is 2.53. The molecule has 0 radical (unpaired) electrons. The molecule has 3 aromatic rings. The molecule has 0 N–H and O–H groups in total. The fraction of sp³-hybridized carbons (Fsp3) is 0.263. The molecule has 2 aromatic carbocycles. The molecule has 2 heterocycles. The average molecular weight is 374 g/mol. The van der Waals surface area contributed by atoms with Crippen molar-refractivity contribution in [3.05, 3.63) is 64.5 Å². The van der Waals surface area contributed by atoms with Gasteiger partial charge < -0.3 is 0 Å². The number of nitrogens with zero attached hydrogens (tertiary/aromatic N) is 4. The maximum atomic E-state index is 14.9. The predicted octanol–water partition coefficient (Wildman–Crippen LogP) is 4.33. The molecule has 138 valence electrons. The van der Waals surface area contributed by atoms with Gasteiger partial charge in [-0.3, -0.25) is 4.99 Å². The lowest BCUT2D eigenvalue weighted by atomic mass is 9.82. The Bertz CT molecular complexity index is 1120. The third kappa shape index (κ3) is 2.50. The summed E-state index contributed by atoms with van der Waals surface area (Å²) in [4.78, 5) is 8.37. The van der Waals surface area contributed by atoms with Crippen LogP contribution in [0.25, 0.3) is 11.0 Å². The molecule has 0 amide bonds. The van der Waals surface area contributed by atoms with E-state index < -0.39 is 23.1 Å². The van der Waals surface area contributed by atoms with E-state index in [1.54, 1.807) is 13.0 Å². The molecule has 0 bridgehead atoms. The molecule has 1 aliphatic heterocycles. The second-order valence-corrected chi connectivity index (χ2v) is 7.01. The molecule has 0 saturated heterocycles. The maximum absolute atomic E-state index is 14.9. The number of aromatic nitrogens is 3. The van der Waals surface area contributed by atoms with Crippen LogP contribution in [-0.4, -0.2) is 26.4 Å². The van der Waals surface area contributed by atoms with Gasteiger partial charge in [-0.25, -0.2) is 13.8 Å². The largest absolute Gasteiger partial charge is 0.297 e. The Morgan fingerprint density at radius 3 is 2.44 bits per heavy atom. The standard InChI is InChI=1S/C19H14F4N4/c1-9-4-5-10-11(8-9)19(22,23)18(2,3)25-15(10)17-24-13-7-6-12(20)14(21)16(13)26-27-17/h4-8H,1-3H3. The molecule has 0 spiro atoms. The summed E-state index contributed by atoms with van der Waals surface area (Å²) in [7, 11) is 0. The van der Waals surface area contributed by atoms with Crippen LogP contribution in [0.4, 0.5) is 17.6 Å². The van der Waals surface area contributed by atoms with E-state index in [4.69, 9.17) is 0 Å². The Labute approximate surface area is 152 Å². The predicted molar refractivity (Wildman–Crippen MR) is 92.0 cm³/mol. The molecule has 0 aliphatic carbocycles. The third-order valence-corrected chi connectivity index (χ3v) is 4.66. The SMILES string of the molecule is Cc1ccc2c(c1)C(F)(F)C(C)(C)N=C2c1nnc2c(F)c(F)ccc2n1. The van der Waals surface area contributed by atoms with E-state index in [2.05, 4.69) is 20.2 Å². The molecular formula is C19H14F4N4. The van der Waals surface area contributed by atoms with Gasteiger partial charge in [0, 0.05) is 11.1 Å². The second kappa shape index (κ2) is 5.55. The Balaban J connectivity index is 1.97. The third-order valence-electron chi connectivity index (χ3n) is 4.66. The van der Waals surface area contributed by atoms with Crippen LogP contribution >= 0.6 is 0 Å². The number of hydrogen-bond acceptors (Lipinski definition) is 4. The summed E-state index contributed by atoms with van der Waals surface area (Å²) < 4.78 is 57.1. The van der Waals surface area contributed by atoms with Gasteiger partial charge in [-0.2, -0.15) is 8.78 Å². The molecule has 4 nitrogen and oxygen atoms in total. The van der Waals surface area contributed by atoms with Crippen LogP contribution in [0.5, 0.6) is 0 Å². The summed E-state index contributed by atoms with van der Waals surface area (Å²) in [6, 6.07) is 6.81. The molecule has 0 atom stereocenters. The Morgan fingerprint density at radius 2 is 1.70 bits per heavy atom. The lowest BCUT2D eigenvalue weighted by Gasteiger charge is -2.36. The highest BCUT2D eigenvalue weighted by atomic mass is 19.3. The molecule has 1 aliphatic rings. The fourth-order valence-electron chi connectivity index (χ4n) is 3.08. The van der Waals surface area contributed by atoms with E-state index in [-0.39, 0.29) is 33.7 Å². The Morgan fingerprint density at radius 1 is 0.963 bits per heavy atom. The van der Waals surface area contributed by atoms with Gasteiger partial charge in [0.15, 0.2) is 17.2 Å².